The molecular weight excluding hydrogens is 164 g/mol. The molecule has 0 aliphatic rings. The molecule has 0 aliphatic heterocycles. The van der Waals surface area contributed by atoms with Crippen LogP contribution in [-0.4, -0.2) is 33.4 Å². The van der Waals surface area contributed by atoms with Gasteiger partial charge in [-0.25, -0.2) is 4.79 Å². The second-order valence-electron chi connectivity index (χ2n) is 3.25. The lowest BCUT2D eigenvalue weighted by molar-refractivity contribution is -0.154. The molecule has 0 aromatic carbocycles. The predicted octanol–water partition coefficient (Wildman–Crippen LogP) is -0.0672. The van der Waals surface area contributed by atoms with Gasteiger partial charge in [-0.2, -0.15) is 0 Å². The van der Waals surface area contributed by atoms with E-state index < -0.39 is 23.5 Å². The van der Waals surface area contributed by atoms with E-state index >= 15 is 0 Å². The summed E-state index contributed by atoms with van der Waals surface area (Å²) in [5.41, 5.74) is -1.21. The molecule has 1 unspecified atom stereocenters. The Bertz CT molecular complexity index is 196. The van der Waals surface area contributed by atoms with Crippen molar-refractivity contribution in [3.63, 3.8) is 0 Å². The van der Waals surface area contributed by atoms with Crippen molar-refractivity contribution >= 4 is 11.9 Å². The Morgan fingerprint density at radius 2 is 1.75 bits per heavy atom. The fourth-order valence-electron chi connectivity index (χ4n) is 0.658. The minimum absolute atomic E-state index is 0.294. The zero-order valence-electron chi connectivity index (χ0n) is 6.94. The quantitative estimate of drug-likeness (QED) is 0.557. The summed E-state index contributed by atoms with van der Waals surface area (Å²) in [4.78, 5) is 20.6. The third kappa shape index (κ3) is 2.87. The Labute approximate surface area is 69.6 Å². The van der Waals surface area contributed by atoms with Crippen LogP contribution in [0.2, 0.25) is 0 Å². The predicted molar refractivity (Wildman–Crippen MR) is 39.7 cm³/mol. The van der Waals surface area contributed by atoms with Crippen LogP contribution >= 0.6 is 0 Å². The van der Waals surface area contributed by atoms with Crippen molar-refractivity contribution in [2.45, 2.75) is 26.4 Å². The van der Waals surface area contributed by atoms with Crippen LogP contribution in [0.4, 0.5) is 0 Å². The number of aliphatic hydroxyl groups is 1. The number of aliphatic carboxylic acids is 2. The highest BCUT2D eigenvalue weighted by Crippen LogP contribution is 2.22. The highest BCUT2D eigenvalue weighted by atomic mass is 16.4. The van der Waals surface area contributed by atoms with Gasteiger partial charge in [-0.1, -0.05) is 0 Å². The first-order chi connectivity index (χ1) is 5.27. The topological polar surface area (TPSA) is 94.8 Å². The maximum absolute atomic E-state index is 10.5. The first kappa shape index (κ1) is 10.9. The van der Waals surface area contributed by atoms with E-state index in [1.54, 1.807) is 0 Å². The van der Waals surface area contributed by atoms with Crippen molar-refractivity contribution in [2.24, 2.45) is 5.41 Å². The van der Waals surface area contributed by atoms with Crippen LogP contribution in [0.15, 0.2) is 0 Å². The molecule has 0 aromatic rings. The Hall–Kier alpha value is -1.10. The van der Waals surface area contributed by atoms with E-state index in [1.807, 2.05) is 0 Å². The van der Waals surface area contributed by atoms with Crippen LogP contribution < -0.4 is 0 Å². The highest BCUT2D eigenvalue weighted by molar-refractivity contribution is 5.77. The molecule has 12 heavy (non-hydrogen) atoms. The Morgan fingerprint density at radius 1 is 1.33 bits per heavy atom. The number of aliphatic hydroxyl groups excluding tert-OH is 1. The van der Waals surface area contributed by atoms with Crippen LogP contribution in [0.3, 0.4) is 0 Å². The third-order valence-corrected chi connectivity index (χ3v) is 1.57. The summed E-state index contributed by atoms with van der Waals surface area (Å²) in [6, 6.07) is 0. The van der Waals surface area contributed by atoms with Crippen molar-refractivity contribution in [1.29, 1.82) is 0 Å². The van der Waals surface area contributed by atoms with E-state index in [1.165, 1.54) is 13.8 Å². The molecule has 0 saturated carbocycles. The van der Waals surface area contributed by atoms with Gasteiger partial charge in [0.2, 0.25) is 0 Å². The van der Waals surface area contributed by atoms with Gasteiger partial charge in [-0.3, -0.25) is 4.79 Å². The molecule has 5 heteroatoms. The summed E-state index contributed by atoms with van der Waals surface area (Å²) in [5, 5.41) is 25.7. The lowest BCUT2D eigenvalue weighted by Crippen LogP contribution is -2.32. The Balaban J connectivity index is 4.24. The van der Waals surface area contributed by atoms with Crippen LogP contribution in [0, 0.1) is 5.41 Å². The van der Waals surface area contributed by atoms with E-state index in [4.69, 9.17) is 15.3 Å². The zero-order valence-corrected chi connectivity index (χ0v) is 6.94. The number of carboxylic acids is 2. The molecule has 0 saturated heterocycles. The monoisotopic (exact) mass is 176 g/mol. The minimum Gasteiger partial charge on any atom is -0.481 e. The largest absolute Gasteiger partial charge is 0.481 e. The van der Waals surface area contributed by atoms with Gasteiger partial charge in [0.15, 0.2) is 6.10 Å². The van der Waals surface area contributed by atoms with Gasteiger partial charge in [0.05, 0.1) is 5.41 Å². The van der Waals surface area contributed by atoms with Gasteiger partial charge >= 0.3 is 11.9 Å². The summed E-state index contributed by atoms with van der Waals surface area (Å²) in [7, 11) is 0. The maximum atomic E-state index is 10.5. The summed E-state index contributed by atoms with van der Waals surface area (Å²) in [6.07, 6.45) is -1.91. The fourth-order valence-corrected chi connectivity index (χ4v) is 0.658. The van der Waals surface area contributed by atoms with E-state index in [-0.39, 0.29) is 6.42 Å². The van der Waals surface area contributed by atoms with Crippen molar-refractivity contribution in [2.75, 3.05) is 0 Å². The lowest BCUT2D eigenvalue weighted by Gasteiger charge is -2.20. The maximum Gasteiger partial charge on any atom is 0.332 e. The standard InChI is InChI=1S/C7H12O5/c1-7(2,6(11)12)3-4(8)5(9)10/h4,8H,3H2,1-2H3,(H,9,10)(H,11,12). The molecule has 70 valence electrons. The van der Waals surface area contributed by atoms with Crippen molar-refractivity contribution in [1.82, 2.24) is 0 Å². The Kier molecular flexibility index (Phi) is 3.21. The fraction of sp³-hybridized carbons (Fsp3) is 0.714. The van der Waals surface area contributed by atoms with Crippen LogP contribution in [0.5, 0.6) is 0 Å². The molecule has 0 bridgehead atoms. The molecule has 5 nitrogen and oxygen atoms in total. The zero-order chi connectivity index (χ0) is 9.94. The lowest BCUT2D eigenvalue weighted by atomic mass is 9.87. The third-order valence-electron chi connectivity index (χ3n) is 1.57. The van der Waals surface area contributed by atoms with Gasteiger partial charge < -0.3 is 15.3 Å². The van der Waals surface area contributed by atoms with Gasteiger partial charge in [0.1, 0.15) is 0 Å². The van der Waals surface area contributed by atoms with Gasteiger partial charge in [-0.15, -0.1) is 0 Å². The summed E-state index contributed by atoms with van der Waals surface area (Å²) in [5.74, 6) is -2.52. The number of rotatable bonds is 4. The van der Waals surface area contributed by atoms with Crippen molar-refractivity contribution in [3.8, 4) is 0 Å². The average Bonchev–Trinajstić information content (AvgIpc) is 1.85. The van der Waals surface area contributed by atoms with Gasteiger partial charge in [-0.05, 0) is 20.3 Å². The molecule has 0 fully saturated rings. The molecule has 0 spiro atoms. The number of carboxylic acid groups (broad SMARTS) is 2. The SMILES string of the molecule is CC(C)(CC(O)C(=O)O)C(=O)O. The summed E-state index contributed by atoms with van der Waals surface area (Å²) >= 11 is 0. The second kappa shape index (κ2) is 3.53. The first-order valence-electron chi connectivity index (χ1n) is 3.41. The second-order valence-corrected chi connectivity index (χ2v) is 3.25. The normalized spacial score (nSPS) is 13.9. The van der Waals surface area contributed by atoms with Gasteiger partial charge in [0, 0.05) is 0 Å². The number of carbonyl (C=O) groups is 2. The molecular formula is C7H12O5. The molecule has 0 aliphatic carbocycles. The van der Waals surface area contributed by atoms with Crippen molar-refractivity contribution < 1.29 is 24.9 Å². The molecule has 0 heterocycles. The Morgan fingerprint density at radius 3 is 2.00 bits per heavy atom. The molecule has 0 amide bonds. The smallest absolute Gasteiger partial charge is 0.332 e. The summed E-state index contributed by atoms with van der Waals surface area (Å²) in [6.45, 7) is 2.73. The molecule has 3 N–H and O–H groups in total. The average molecular weight is 176 g/mol. The van der Waals surface area contributed by atoms with Gasteiger partial charge in [0.25, 0.3) is 0 Å². The number of hydrogen-bond acceptors (Lipinski definition) is 3. The van der Waals surface area contributed by atoms with E-state index in [0.29, 0.717) is 0 Å². The van der Waals surface area contributed by atoms with Crippen LogP contribution in [0.25, 0.3) is 0 Å². The molecule has 0 radical (unpaired) electrons. The van der Waals surface area contributed by atoms with Crippen molar-refractivity contribution in [3.05, 3.63) is 0 Å². The molecule has 1 atom stereocenters. The van der Waals surface area contributed by atoms with Crippen LogP contribution in [0.1, 0.15) is 20.3 Å². The first-order valence-corrected chi connectivity index (χ1v) is 3.41. The minimum atomic E-state index is -1.61. The van der Waals surface area contributed by atoms with E-state index in [9.17, 15) is 9.59 Å². The number of hydrogen-bond donors (Lipinski definition) is 3. The molecule has 0 aromatic heterocycles. The molecule has 0 rings (SSSR count). The summed E-state index contributed by atoms with van der Waals surface area (Å²) < 4.78 is 0. The van der Waals surface area contributed by atoms with E-state index in [0.717, 1.165) is 0 Å². The highest BCUT2D eigenvalue weighted by Gasteiger charge is 2.32. The van der Waals surface area contributed by atoms with E-state index in [2.05, 4.69) is 0 Å². The van der Waals surface area contributed by atoms with Crippen LogP contribution in [-0.2, 0) is 9.59 Å².